The molecule has 2 aromatic carbocycles. The normalized spacial score (nSPS) is 15.8. The minimum atomic E-state index is -3.16. The predicted molar refractivity (Wildman–Crippen MR) is 129 cm³/mol. The van der Waals surface area contributed by atoms with Crippen molar-refractivity contribution < 1.29 is 13.2 Å². The summed E-state index contributed by atoms with van der Waals surface area (Å²) in [5, 5.41) is 2.06. The van der Waals surface area contributed by atoms with E-state index in [4.69, 9.17) is 0 Å². The molecule has 1 heterocycles. The summed E-state index contributed by atoms with van der Waals surface area (Å²) in [5.74, 6) is 1.01. The second kappa shape index (κ2) is 11.5. The maximum Gasteiger partial charge on any atom is 0.223 e. The summed E-state index contributed by atoms with van der Waals surface area (Å²) in [7, 11) is -3.16. The first-order valence-corrected chi connectivity index (χ1v) is 13.5. The van der Waals surface area contributed by atoms with E-state index in [0.29, 0.717) is 11.3 Å². The van der Waals surface area contributed by atoms with E-state index in [1.54, 1.807) is 23.9 Å². The van der Waals surface area contributed by atoms with Gasteiger partial charge in [-0.25, -0.2) is 8.42 Å². The predicted octanol–water partition coefficient (Wildman–Crippen LogP) is 3.92. The van der Waals surface area contributed by atoms with Gasteiger partial charge in [-0.05, 0) is 41.2 Å². The van der Waals surface area contributed by atoms with Gasteiger partial charge in [-0.1, -0.05) is 42.5 Å². The summed E-state index contributed by atoms with van der Waals surface area (Å²) in [4.78, 5) is 17.3. The molecule has 166 valence electrons. The maximum absolute atomic E-state index is 12.6. The summed E-state index contributed by atoms with van der Waals surface area (Å²) >= 11 is 1.67. The van der Waals surface area contributed by atoms with Gasteiger partial charge in [0.1, 0.15) is 0 Å². The summed E-state index contributed by atoms with van der Waals surface area (Å²) < 4.78 is 23.2. The molecule has 1 fully saturated rings. The molecule has 0 unspecified atom stereocenters. The van der Waals surface area contributed by atoms with Crippen molar-refractivity contribution in [3.05, 3.63) is 71.1 Å². The fourth-order valence-corrected chi connectivity index (χ4v) is 4.85. The highest BCUT2D eigenvalue weighted by Gasteiger charge is 2.19. The van der Waals surface area contributed by atoms with E-state index in [1.165, 1.54) is 11.8 Å². The van der Waals surface area contributed by atoms with Crippen molar-refractivity contribution >= 4 is 33.6 Å². The van der Waals surface area contributed by atoms with Gasteiger partial charge in [0.15, 0.2) is 9.84 Å². The quantitative estimate of drug-likeness (QED) is 0.561. The van der Waals surface area contributed by atoms with Crippen LogP contribution in [-0.4, -0.2) is 62.3 Å². The van der Waals surface area contributed by atoms with Crippen LogP contribution in [0.3, 0.4) is 0 Å². The first kappa shape index (κ1) is 23.6. The number of rotatable bonds is 8. The molecule has 1 amide bonds. The van der Waals surface area contributed by atoms with E-state index in [9.17, 15) is 13.2 Å². The fraction of sp³-hybridized carbons (Fsp3) is 0.375. The van der Waals surface area contributed by atoms with Crippen molar-refractivity contribution in [3.63, 3.8) is 0 Å². The Bertz CT molecular complexity index is 974. The minimum Gasteiger partial charge on any atom is -0.341 e. The standard InChI is InChI=1S/C24H30N2O3S2/c1-31(28,29)23-10-8-22(9-11-23)20-25-14-5-15-26(17-16-25)24(27)13-19-30-18-12-21-6-3-2-4-7-21/h2-4,6-12,18H,5,13-17,19-20H2,1H3/b18-12-. The molecule has 5 nitrogen and oxygen atoms in total. The minimum absolute atomic E-state index is 0.222. The molecule has 0 bridgehead atoms. The van der Waals surface area contributed by atoms with Crippen LogP contribution in [0, 0.1) is 0 Å². The molecular weight excluding hydrogens is 428 g/mol. The van der Waals surface area contributed by atoms with Crippen LogP contribution in [0.15, 0.2) is 64.9 Å². The van der Waals surface area contributed by atoms with Gasteiger partial charge in [0, 0.05) is 51.2 Å². The zero-order valence-electron chi connectivity index (χ0n) is 17.9. The third-order valence-corrected chi connectivity index (χ3v) is 7.19. The molecular formula is C24H30N2O3S2. The molecule has 0 aliphatic carbocycles. The maximum atomic E-state index is 12.6. The molecule has 31 heavy (non-hydrogen) atoms. The van der Waals surface area contributed by atoms with Crippen molar-refractivity contribution in [2.24, 2.45) is 0 Å². The highest BCUT2D eigenvalue weighted by Crippen LogP contribution is 2.15. The highest BCUT2D eigenvalue weighted by atomic mass is 32.2. The van der Waals surface area contributed by atoms with Crippen molar-refractivity contribution in [2.45, 2.75) is 24.3 Å². The fourth-order valence-electron chi connectivity index (χ4n) is 3.54. The Hall–Kier alpha value is -2.09. The lowest BCUT2D eigenvalue weighted by molar-refractivity contribution is -0.130. The van der Waals surface area contributed by atoms with E-state index in [0.717, 1.165) is 50.5 Å². The molecule has 7 heteroatoms. The molecule has 1 aliphatic rings. The number of hydrogen-bond donors (Lipinski definition) is 0. The summed E-state index contributed by atoms with van der Waals surface area (Å²) in [6.45, 7) is 4.08. The van der Waals surface area contributed by atoms with Gasteiger partial charge in [-0.3, -0.25) is 9.69 Å². The lowest BCUT2D eigenvalue weighted by Crippen LogP contribution is -2.35. The largest absolute Gasteiger partial charge is 0.341 e. The number of thioether (sulfide) groups is 1. The van der Waals surface area contributed by atoms with Crippen molar-refractivity contribution in [1.82, 2.24) is 9.80 Å². The van der Waals surface area contributed by atoms with E-state index in [-0.39, 0.29) is 5.91 Å². The zero-order chi connectivity index (χ0) is 22.1. The average molecular weight is 459 g/mol. The number of amides is 1. The molecule has 3 rings (SSSR count). The van der Waals surface area contributed by atoms with Gasteiger partial charge in [-0.15, -0.1) is 11.8 Å². The van der Waals surface area contributed by atoms with Crippen LogP contribution in [0.1, 0.15) is 24.0 Å². The lowest BCUT2D eigenvalue weighted by atomic mass is 10.2. The molecule has 0 saturated carbocycles. The average Bonchev–Trinajstić information content (AvgIpc) is 2.99. The Morgan fingerprint density at radius 3 is 2.45 bits per heavy atom. The first-order valence-electron chi connectivity index (χ1n) is 10.5. The number of benzene rings is 2. The summed E-state index contributed by atoms with van der Waals surface area (Å²) in [6.07, 6.45) is 4.80. The third-order valence-electron chi connectivity index (χ3n) is 5.29. The van der Waals surface area contributed by atoms with E-state index in [1.807, 2.05) is 35.2 Å². The van der Waals surface area contributed by atoms with Crippen LogP contribution >= 0.6 is 11.8 Å². The first-order chi connectivity index (χ1) is 14.9. The van der Waals surface area contributed by atoms with Crippen molar-refractivity contribution in [3.8, 4) is 0 Å². The number of carbonyl (C=O) groups excluding carboxylic acids is 1. The Balaban J connectivity index is 1.40. The van der Waals surface area contributed by atoms with Crippen LogP contribution in [-0.2, 0) is 21.2 Å². The summed E-state index contributed by atoms with van der Waals surface area (Å²) in [6, 6.07) is 17.2. The third kappa shape index (κ3) is 7.83. The SMILES string of the molecule is CS(=O)(=O)c1ccc(CN2CCCN(C(=O)CCS/C=C\c3ccccc3)CC2)cc1. The summed E-state index contributed by atoms with van der Waals surface area (Å²) in [5.41, 5.74) is 2.26. The van der Waals surface area contributed by atoms with Crippen LogP contribution in [0.2, 0.25) is 0 Å². The van der Waals surface area contributed by atoms with Gasteiger partial charge in [0.25, 0.3) is 0 Å². The monoisotopic (exact) mass is 458 g/mol. The van der Waals surface area contributed by atoms with Crippen LogP contribution < -0.4 is 0 Å². The molecule has 2 aromatic rings. The molecule has 0 radical (unpaired) electrons. The second-order valence-corrected chi connectivity index (χ2v) is 10.8. The number of hydrogen-bond acceptors (Lipinski definition) is 5. The molecule has 1 aliphatic heterocycles. The van der Waals surface area contributed by atoms with E-state index in [2.05, 4.69) is 28.5 Å². The Morgan fingerprint density at radius 1 is 1.00 bits per heavy atom. The molecule has 0 atom stereocenters. The van der Waals surface area contributed by atoms with Gasteiger partial charge in [0.05, 0.1) is 4.90 Å². The van der Waals surface area contributed by atoms with Crippen molar-refractivity contribution in [1.29, 1.82) is 0 Å². The van der Waals surface area contributed by atoms with Crippen LogP contribution in [0.5, 0.6) is 0 Å². The lowest BCUT2D eigenvalue weighted by Gasteiger charge is -2.22. The Kier molecular flexibility index (Phi) is 8.75. The molecule has 1 saturated heterocycles. The topological polar surface area (TPSA) is 57.7 Å². The van der Waals surface area contributed by atoms with Crippen LogP contribution in [0.4, 0.5) is 0 Å². The van der Waals surface area contributed by atoms with Gasteiger partial charge < -0.3 is 4.90 Å². The number of nitrogens with zero attached hydrogens (tertiary/aromatic N) is 2. The molecule has 0 spiro atoms. The van der Waals surface area contributed by atoms with E-state index >= 15 is 0 Å². The second-order valence-electron chi connectivity index (χ2n) is 7.76. The smallest absolute Gasteiger partial charge is 0.223 e. The van der Waals surface area contributed by atoms with Gasteiger partial charge >= 0.3 is 0 Å². The molecule has 0 N–H and O–H groups in total. The van der Waals surface area contributed by atoms with Gasteiger partial charge in [0.2, 0.25) is 5.91 Å². The number of carbonyl (C=O) groups is 1. The zero-order valence-corrected chi connectivity index (χ0v) is 19.6. The Labute approximate surface area is 190 Å². The molecule has 0 aromatic heterocycles. The van der Waals surface area contributed by atoms with Crippen LogP contribution in [0.25, 0.3) is 6.08 Å². The highest BCUT2D eigenvalue weighted by molar-refractivity contribution is 8.02. The van der Waals surface area contributed by atoms with E-state index < -0.39 is 9.84 Å². The number of sulfone groups is 1. The van der Waals surface area contributed by atoms with Gasteiger partial charge in [-0.2, -0.15) is 0 Å². The van der Waals surface area contributed by atoms with Crippen molar-refractivity contribution in [2.75, 3.05) is 38.2 Å². The Morgan fingerprint density at radius 2 is 1.74 bits per heavy atom.